The lowest BCUT2D eigenvalue weighted by atomic mass is 10.1. The van der Waals surface area contributed by atoms with Gasteiger partial charge in [0.05, 0.1) is 5.52 Å². The zero-order chi connectivity index (χ0) is 13.3. The number of fused-ring (bicyclic) bond motifs is 1. The standard InChI is InChI=1S/C14H16FNO2/c1-9(2)16-8-10(3-6-14(17)18)12-5-4-11(15)7-13(12)16/h4-5,7-9H,3,6H2,1-2H3,(H,17,18). The van der Waals surface area contributed by atoms with Gasteiger partial charge in [0.15, 0.2) is 0 Å². The van der Waals surface area contributed by atoms with E-state index in [0.717, 1.165) is 16.5 Å². The maximum Gasteiger partial charge on any atom is 0.303 e. The topological polar surface area (TPSA) is 42.2 Å². The van der Waals surface area contributed by atoms with Crippen molar-refractivity contribution in [2.75, 3.05) is 0 Å². The number of rotatable bonds is 4. The molecule has 0 bridgehead atoms. The Morgan fingerprint density at radius 3 is 2.78 bits per heavy atom. The van der Waals surface area contributed by atoms with E-state index in [0.29, 0.717) is 6.42 Å². The predicted molar refractivity (Wildman–Crippen MR) is 68.2 cm³/mol. The maximum absolute atomic E-state index is 13.3. The summed E-state index contributed by atoms with van der Waals surface area (Å²) in [6.07, 6.45) is 2.49. The van der Waals surface area contributed by atoms with Gasteiger partial charge < -0.3 is 9.67 Å². The normalized spacial score (nSPS) is 11.3. The molecule has 0 aliphatic carbocycles. The molecule has 0 amide bonds. The monoisotopic (exact) mass is 249 g/mol. The molecular formula is C14H16FNO2. The highest BCUT2D eigenvalue weighted by Gasteiger charge is 2.12. The SMILES string of the molecule is CC(C)n1cc(CCC(=O)O)c2ccc(F)cc21. The molecule has 2 aromatic rings. The van der Waals surface area contributed by atoms with Gasteiger partial charge >= 0.3 is 5.97 Å². The van der Waals surface area contributed by atoms with Crippen molar-refractivity contribution in [1.82, 2.24) is 4.57 Å². The van der Waals surface area contributed by atoms with Gasteiger partial charge in [-0.2, -0.15) is 0 Å². The van der Waals surface area contributed by atoms with E-state index in [4.69, 9.17) is 5.11 Å². The van der Waals surface area contributed by atoms with Crippen LogP contribution in [0.3, 0.4) is 0 Å². The highest BCUT2D eigenvalue weighted by atomic mass is 19.1. The number of hydrogen-bond acceptors (Lipinski definition) is 1. The molecule has 0 radical (unpaired) electrons. The fourth-order valence-electron chi connectivity index (χ4n) is 2.16. The van der Waals surface area contributed by atoms with E-state index < -0.39 is 5.97 Å². The first kappa shape index (κ1) is 12.6. The highest BCUT2D eigenvalue weighted by molar-refractivity contribution is 5.84. The molecule has 2 rings (SSSR count). The Labute approximate surface area is 105 Å². The summed E-state index contributed by atoms with van der Waals surface area (Å²) >= 11 is 0. The summed E-state index contributed by atoms with van der Waals surface area (Å²) in [5, 5.41) is 9.68. The Balaban J connectivity index is 2.50. The zero-order valence-corrected chi connectivity index (χ0v) is 10.5. The first-order valence-electron chi connectivity index (χ1n) is 6.00. The molecule has 1 heterocycles. The summed E-state index contributed by atoms with van der Waals surface area (Å²) in [4.78, 5) is 10.6. The van der Waals surface area contributed by atoms with E-state index >= 15 is 0 Å². The molecule has 0 atom stereocenters. The van der Waals surface area contributed by atoms with Crippen molar-refractivity contribution >= 4 is 16.9 Å². The predicted octanol–water partition coefficient (Wildman–Crippen LogP) is 3.38. The zero-order valence-electron chi connectivity index (χ0n) is 10.5. The van der Waals surface area contributed by atoms with Crippen LogP contribution in [0.25, 0.3) is 10.9 Å². The lowest BCUT2D eigenvalue weighted by Gasteiger charge is -2.08. The van der Waals surface area contributed by atoms with Gasteiger partial charge in [0.25, 0.3) is 0 Å². The summed E-state index contributed by atoms with van der Waals surface area (Å²) in [6.45, 7) is 4.04. The van der Waals surface area contributed by atoms with Crippen molar-refractivity contribution in [3.63, 3.8) is 0 Å². The third-order valence-corrected chi connectivity index (χ3v) is 3.04. The number of halogens is 1. The Bertz CT molecular complexity index is 587. The molecule has 0 unspecified atom stereocenters. The lowest BCUT2D eigenvalue weighted by Crippen LogP contribution is -1.99. The summed E-state index contributed by atoms with van der Waals surface area (Å²) in [7, 11) is 0. The van der Waals surface area contributed by atoms with Crippen molar-refractivity contribution in [3.05, 3.63) is 35.8 Å². The van der Waals surface area contributed by atoms with E-state index in [2.05, 4.69) is 0 Å². The van der Waals surface area contributed by atoms with Gasteiger partial charge in [-0.25, -0.2) is 4.39 Å². The molecule has 0 saturated heterocycles. The van der Waals surface area contributed by atoms with Crippen molar-refractivity contribution in [3.8, 4) is 0 Å². The van der Waals surface area contributed by atoms with Gasteiger partial charge in [-0.1, -0.05) is 0 Å². The van der Waals surface area contributed by atoms with Gasteiger partial charge in [0.1, 0.15) is 5.82 Å². The van der Waals surface area contributed by atoms with Crippen LogP contribution in [0.4, 0.5) is 4.39 Å². The molecule has 0 aliphatic rings. The second kappa shape index (κ2) is 4.80. The first-order valence-corrected chi connectivity index (χ1v) is 6.00. The van der Waals surface area contributed by atoms with Crippen molar-refractivity contribution < 1.29 is 14.3 Å². The minimum atomic E-state index is -0.817. The van der Waals surface area contributed by atoms with Gasteiger partial charge in [-0.15, -0.1) is 0 Å². The van der Waals surface area contributed by atoms with Crippen LogP contribution < -0.4 is 0 Å². The summed E-state index contributed by atoms with van der Waals surface area (Å²) < 4.78 is 15.3. The molecule has 1 aromatic carbocycles. The minimum Gasteiger partial charge on any atom is -0.481 e. The van der Waals surface area contributed by atoms with Crippen LogP contribution >= 0.6 is 0 Å². The molecule has 18 heavy (non-hydrogen) atoms. The van der Waals surface area contributed by atoms with Crippen LogP contribution in [-0.4, -0.2) is 15.6 Å². The molecular weight excluding hydrogens is 233 g/mol. The second-order valence-electron chi connectivity index (χ2n) is 4.71. The average molecular weight is 249 g/mol. The summed E-state index contributed by atoms with van der Waals surface area (Å²) in [5.74, 6) is -1.09. The third-order valence-electron chi connectivity index (χ3n) is 3.04. The van der Waals surface area contributed by atoms with Crippen LogP contribution in [0, 0.1) is 5.82 Å². The number of aryl methyl sites for hydroxylation is 1. The number of aromatic nitrogens is 1. The summed E-state index contributed by atoms with van der Waals surface area (Å²) in [5.41, 5.74) is 1.78. The Morgan fingerprint density at radius 2 is 2.17 bits per heavy atom. The Morgan fingerprint density at radius 1 is 1.44 bits per heavy atom. The van der Waals surface area contributed by atoms with Crippen molar-refractivity contribution in [2.45, 2.75) is 32.7 Å². The minimum absolute atomic E-state index is 0.0919. The van der Waals surface area contributed by atoms with Crippen molar-refractivity contribution in [2.24, 2.45) is 0 Å². The lowest BCUT2D eigenvalue weighted by molar-refractivity contribution is -0.136. The largest absolute Gasteiger partial charge is 0.481 e. The van der Waals surface area contributed by atoms with Gasteiger partial charge in [0.2, 0.25) is 0 Å². The Hall–Kier alpha value is -1.84. The molecule has 3 nitrogen and oxygen atoms in total. The molecule has 0 aliphatic heterocycles. The highest BCUT2D eigenvalue weighted by Crippen LogP contribution is 2.26. The molecule has 0 saturated carbocycles. The van der Waals surface area contributed by atoms with Crippen LogP contribution in [0.1, 0.15) is 31.9 Å². The molecule has 96 valence electrons. The van der Waals surface area contributed by atoms with Gasteiger partial charge in [0, 0.05) is 24.0 Å². The van der Waals surface area contributed by atoms with Gasteiger partial charge in [-0.3, -0.25) is 4.79 Å². The smallest absolute Gasteiger partial charge is 0.303 e. The third kappa shape index (κ3) is 2.37. The number of hydrogen-bond donors (Lipinski definition) is 1. The number of benzene rings is 1. The molecule has 0 spiro atoms. The van der Waals surface area contributed by atoms with Crippen LogP contribution in [0.5, 0.6) is 0 Å². The first-order chi connectivity index (χ1) is 8.49. The average Bonchev–Trinajstić information content (AvgIpc) is 2.64. The van der Waals surface area contributed by atoms with E-state index in [1.165, 1.54) is 12.1 Å². The number of aliphatic carboxylic acids is 1. The number of nitrogens with zero attached hydrogens (tertiary/aromatic N) is 1. The van der Waals surface area contributed by atoms with E-state index in [1.54, 1.807) is 6.07 Å². The van der Waals surface area contributed by atoms with E-state index in [9.17, 15) is 9.18 Å². The molecule has 4 heteroatoms. The van der Waals surface area contributed by atoms with Crippen LogP contribution in [-0.2, 0) is 11.2 Å². The van der Waals surface area contributed by atoms with Crippen molar-refractivity contribution in [1.29, 1.82) is 0 Å². The maximum atomic E-state index is 13.3. The number of carboxylic acids is 1. The fourth-order valence-corrected chi connectivity index (χ4v) is 2.16. The van der Waals surface area contributed by atoms with E-state index in [-0.39, 0.29) is 18.3 Å². The molecule has 1 aromatic heterocycles. The molecule has 0 fully saturated rings. The fraction of sp³-hybridized carbons (Fsp3) is 0.357. The van der Waals surface area contributed by atoms with Gasteiger partial charge in [-0.05, 0) is 44.0 Å². The van der Waals surface area contributed by atoms with Crippen LogP contribution in [0.15, 0.2) is 24.4 Å². The Kier molecular flexibility index (Phi) is 3.36. The number of carboxylic acid groups (broad SMARTS) is 1. The van der Waals surface area contributed by atoms with Crippen LogP contribution in [0.2, 0.25) is 0 Å². The number of carbonyl (C=O) groups is 1. The second-order valence-corrected chi connectivity index (χ2v) is 4.71. The summed E-state index contributed by atoms with van der Waals surface area (Å²) in [6, 6.07) is 4.85. The molecule has 1 N–H and O–H groups in total. The van der Waals surface area contributed by atoms with E-state index in [1.807, 2.05) is 24.6 Å². The quantitative estimate of drug-likeness (QED) is 0.902.